The van der Waals surface area contributed by atoms with Crippen molar-refractivity contribution in [3.8, 4) is 5.75 Å². The molecule has 1 aromatic carbocycles. The molecule has 0 atom stereocenters. The summed E-state index contributed by atoms with van der Waals surface area (Å²) in [7, 11) is 3.55. The van der Waals surface area contributed by atoms with Crippen LogP contribution < -0.4 is 10.4 Å². The topological polar surface area (TPSA) is 36.2 Å². The number of imidazole rings is 1. The van der Waals surface area contributed by atoms with E-state index in [2.05, 4.69) is 6.92 Å². The first-order chi connectivity index (χ1) is 7.65. The molecule has 86 valence electrons. The second-order valence-corrected chi connectivity index (χ2v) is 3.90. The first-order valence-corrected chi connectivity index (χ1v) is 5.43. The second kappa shape index (κ2) is 4.04. The number of aryl methyl sites for hydroxylation is 2. The second-order valence-electron chi connectivity index (χ2n) is 3.90. The number of ether oxygens (including phenoxy) is 1. The van der Waals surface area contributed by atoms with Crippen LogP contribution in [0.15, 0.2) is 23.0 Å². The number of aromatic nitrogens is 2. The third-order valence-corrected chi connectivity index (χ3v) is 2.72. The molecule has 2 rings (SSSR count). The van der Waals surface area contributed by atoms with Crippen molar-refractivity contribution in [1.29, 1.82) is 0 Å². The average Bonchev–Trinajstić information content (AvgIpc) is 2.52. The highest BCUT2D eigenvalue weighted by Gasteiger charge is 2.08. The molecule has 0 radical (unpaired) electrons. The molecule has 1 aromatic heterocycles. The van der Waals surface area contributed by atoms with Crippen LogP contribution in [0.2, 0.25) is 0 Å². The summed E-state index contributed by atoms with van der Waals surface area (Å²) in [6.45, 7) is 2.77. The SMILES string of the molecule is CCCOc1ccc2c(c1)n(C)c(=O)n2C. The molecule has 0 spiro atoms. The Labute approximate surface area is 94.1 Å². The van der Waals surface area contributed by atoms with Gasteiger partial charge in [-0.05, 0) is 18.6 Å². The third kappa shape index (κ3) is 1.60. The van der Waals surface area contributed by atoms with Crippen LogP contribution >= 0.6 is 0 Å². The predicted molar refractivity (Wildman–Crippen MR) is 63.9 cm³/mol. The van der Waals surface area contributed by atoms with E-state index in [4.69, 9.17) is 4.74 Å². The zero-order valence-corrected chi connectivity index (χ0v) is 9.86. The van der Waals surface area contributed by atoms with E-state index in [0.717, 1.165) is 23.2 Å². The van der Waals surface area contributed by atoms with Crippen LogP contribution in [0, 0.1) is 0 Å². The zero-order valence-electron chi connectivity index (χ0n) is 9.86. The van der Waals surface area contributed by atoms with E-state index in [1.807, 2.05) is 18.2 Å². The maximum absolute atomic E-state index is 11.7. The van der Waals surface area contributed by atoms with Gasteiger partial charge in [-0.2, -0.15) is 0 Å². The van der Waals surface area contributed by atoms with E-state index in [1.165, 1.54) is 0 Å². The van der Waals surface area contributed by atoms with Gasteiger partial charge in [-0.3, -0.25) is 9.13 Å². The molecule has 0 fully saturated rings. The van der Waals surface area contributed by atoms with E-state index < -0.39 is 0 Å². The average molecular weight is 220 g/mol. The Balaban J connectivity index is 2.54. The minimum absolute atomic E-state index is 0.0114. The van der Waals surface area contributed by atoms with Crippen molar-refractivity contribution < 1.29 is 4.74 Å². The van der Waals surface area contributed by atoms with Gasteiger partial charge in [0.1, 0.15) is 5.75 Å². The Morgan fingerprint density at radius 2 is 1.88 bits per heavy atom. The maximum atomic E-state index is 11.7. The van der Waals surface area contributed by atoms with E-state index in [1.54, 1.807) is 23.2 Å². The number of fused-ring (bicyclic) bond motifs is 1. The molecule has 0 N–H and O–H groups in total. The number of benzene rings is 1. The fourth-order valence-electron chi connectivity index (χ4n) is 1.80. The molecular weight excluding hydrogens is 204 g/mol. The number of nitrogens with zero attached hydrogens (tertiary/aromatic N) is 2. The fourth-order valence-corrected chi connectivity index (χ4v) is 1.80. The lowest BCUT2D eigenvalue weighted by molar-refractivity contribution is 0.318. The molecule has 0 amide bonds. The van der Waals surface area contributed by atoms with Gasteiger partial charge in [0.2, 0.25) is 0 Å². The lowest BCUT2D eigenvalue weighted by atomic mass is 10.3. The van der Waals surface area contributed by atoms with Gasteiger partial charge in [0.25, 0.3) is 0 Å². The summed E-state index contributed by atoms with van der Waals surface area (Å²) in [5.41, 5.74) is 1.82. The van der Waals surface area contributed by atoms with Gasteiger partial charge in [-0.25, -0.2) is 4.79 Å². The van der Waals surface area contributed by atoms with Crippen molar-refractivity contribution in [2.45, 2.75) is 13.3 Å². The summed E-state index contributed by atoms with van der Waals surface area (Å²) in [5, 5.41) is 0. The Morgan fingerprint density at radius 3 is 2.56 bits per heavy atom. The Hall–Kier alpha value is -1.71. The lowest BCUT2D eigenvalue weighted by Crippen LogP contribution is -2.19. The quantitative estimate of drug-likeness (QED) is 0.788. The van der Waals surface area contributed by atoms with Crippen molar-refractivity contribution in [2.24, 2.45) is 14.1 Å². The minimum atomic E-state index is -0.0114. The molecule has 0 aliphatic carbocycles. The van der Waals surface area contributed by atoms with E-state index in [9.17, 15) is 4.79 Å². The summed E-state index contributed by atoms with van der Waals surface area (Å²) in [4.78, 5) is 11.7. The monoisotopic (exact) mass is 220 g/mol. The number of hydrogen-bond donors (Lipinski definition) is 0. The van der Waals surface area contributed by atoms with Crippen LogP contribution in [0.5, 0.6) is 5.75 Å². The standard InChI is InChI=1S/C12H16N2O2/c1-4-7-16-9-5-6-10-11(8-9)14(3)12(15)13(10)2/h5-6,8H,4,7H2,1-3H3. The highest BCUT2D eigenvalue weighted by molar-refractivity contribution is 5.77. The Morgan fingerprint density at radius 1 is 1.19 bits per heavy atom. The van der Waals surface area contributed by atoms with Crippen LogP contribution in [0.3, 0.4) is 0 Å². The van der Waals surface area contributed by atoms with Crippen molar-refractivity contribution in [2.75, 3.05) is 6.61 Å². The van der Waals surface area contributed by atoms with Crippen LogP contribution in [0.1, 0.15) is 13.3 Å². The normalized spacial score (nSPS) is 10.9. The molecule has 16 heavy (non-hydrogen) atoms. The van der Waals surface area contributed by atoms with Crippen molar-refractivity contribution in [3.05, 3.63) is 28.7 Å². The highest BCUT2D eigenvalue weighted by atomic mass is 16.5. The molecule has 4 heteroatoms. The van der Waals surface area contributed by atoms with E-state index in [0.29, 0.717) is 6.61 Å². The third-order valence-electron chi connectivity index (χ3n) is 2.72. The highest BCUT2D eigenvalue weighted by Crippen LogP contribution is 2.19. The van der Waals surface area contributed by atoms with E-state index >= 15 is 0 Å². The molecule has 0 saturated carbocycles. The largest absolute Gasteiger partial charge is 0.494 e. The first kappa shape index (κ1) is 10.8. The summed E-state index contributed by atoms with van der Waals surface area (Å²) in [6.07, 6.45) is 0.978. The molecule has 2 aromatic rings. The summed E-state index contributed by atoms with van der Waals surface area (Å²) < 4.78 is 8.81. The molecule has 1 heterocycles. The molecule has 0 aliphatic rings. The molecular formula is C12H16N2O2. The van der Waals surface area contributed by atoms with Gasteiger partial charge in [-0.1, -0.05) is 6.92 Å². The first-order valence-electron chi connectivity index (χ1n) is 5.43. The molecule has 4 nitrogen and oxygen atoms in total. The van der Waals surface area contributed by atoms with Gasteiger partial charge in [0.05, 0.1) is 17.6 Å². The van der Waals surface area contributed by atoms with Gasteiger partial charge < -0.3 is 4.74 Å². The van der Waals surface area contributed by atoms with Crippen molar-refractivity contribution >= 4 is 11.0 Å². The van der Waals surface area contributed by atoms with Gasteiger partial charge in [0, 0.05) is 20.2 Å². The Bertz CT molecular complexity index is 566. The fraction of sp³-hybridized carbons (Fsp3) is 0.417. The van der Waals surface area contributed by atoms with Crippen LogP contribution in [-0.4, -0.2) is 15.7 Å². The van der Waals surface area contributed by atoms with Crippen molar-refractivity contribution in [3.63, 3.8) is 0 Å². The molecule has 0 unspecified atom stereocenters. The zero-order chi connectivity index (χ0) is 11.7. The number of rotatable bonds is 3. The Kier molecular flexibility index (Phi) is 2.73. The van der Waals surface area contributed by atoms with Crippen molar-refractivity contribution in [1.82, 2.24) is 9.13 Å². The van der Waals surface area contributed by atoms with E-state index in [-0.39, 0.29) is 5.69 Å². The van der Waals surface area contributed by atoms with Crippen LogP contribution in [-0.2, 0) is 14.1 Å². The van der Waals surface area contributed by atoms with Crippen LogP contribution in [0.25, 0.3) is 11.0 Å². The summed E-state index contributed by atoms with van der Waals surface area (Å²) >= 11 is 0. The summed E-state index contributed by atoms with van der Waals surface area (Å²) in [6, 6.07) is 5.73. The molecule has 0 saturated heterocycles. The predicted octanol–water partition coefficient (Wildman–Crippen LogP) is 1.67. The maximum Gasteiger partial charge on any atom is 0.328 e. The van der Waals surface area contributed by atoms with Crippen LogP contribution in [0.4, 0.5) is 0 Å². The smallest absolute Gasteiger partial charge is 0.328 e. The summed E-state index contributed by atoms with van der Waals surface area (Å²) in [5.74, 6) is 0.815. The number of hydrogen-bond acceptors (Lipinski definition) is 2. The van der Waals surface area contributed by atoms with Gasteiger partial charge in [0.15, 0.2) is 0 Å². The minimum Gasteiger partial charge on any atom is -0.494 e. The molecule has 0 aliphatic heterocycles. The van der Waals surface area contributed by atoms with Gasteiger partial charge >= 0.3 is 5.69 Å². The lowest BCUT2D eigenvalue weighted by Gasteiger charge is -2.04. The van der Waals surface area contributed by atoms with Gasteiger partial charge in [-0.15, -0.1) is 0 Å². The molecule has 0 bridgehead atoms.